The highest BCUT2D eigenvalue weighted by Gasteiger charge is 2.18. The molecule has 0 atom stereocenters. The lowest BCUT2D eigenvalue weighted by atomic mass is 10.0. The van der Waals surface area contributed by atoms with Crippen molar-refractivity contribution in [3.63, 3.8) is 0 Å². The summed E-state index contributed by atoms with van der Waals surface area (Å²) in [5.41, 5.74) is 0.792. The van der Waals surface area contributed by atoms with E-state index in [1.165, 1.54) is 25.5 Å². The third-order valence-electron chi connectivity index (χ3n) is 3.33. The number of terminal acetylenes is 1. The van der Waals surface area contributed by atoms with E-state index < -0.39 is 5.78 Å². The van der Waals surface area contributed by atoms with Gasteiger partial charge in [-0.05, 0) is 36.8 Å². The normalized spacial score (nSPS) is 10.7. The molecule has 0 amide bonds. The molecule has 1 heterocycles. The van der Waals surface area contributed by atoms with Crippen LogP contribution in [-0.2, 0) is 0 Å². The van der Waals surface area contributed by atoms with Crippen molar-refractivity contribution in [1.29, 1.82) is 5.26 Å². The average Bonchev–Trinajstić information content (AvgIpc) is 3.03. The Morgan fingerprint density at radius 2 is 2.24 bits per heavy atom. The van der Waals surface area contributed by atoms with Gasteiger partial charge in [0.25, 0.3) is 0 Å². The Morgan fingerprint density at radius 1 is 1.48 bits per heavy atom. The zero-order chi connectivity index (χ0) is 18.4. The van der Waals surface area contributed by atoms with Crippen molar-refractivity contribution in [3.8, 4) is 29.9 Å². The summed E-state index contributed by atoms with van der Waals surface area (Å²) in [5.74, 6) is 3.00. The van der Waals surface area contributed by atoms with Crippen LogP contribution in [0.2, 0.25) is 5.02 Å². The van der Waals surface area contributed by atoms with Crippen LogP contribution in [0.15, 0.2) is 34.5 Å². The number of allylic oxidation sites excluding steroid dienone is 1. The van der Waals surface area contributed by atoms with Gasteiger partial charge in [-0.2, -0.15) is 5.26 Å². The van der Waals surface area contributed by atoms with Gasteiger partial charge in [0.15, 0.2) is 11.5 Å². The zero-order valence-corrected chi connectivity index (χ0v) is 14.4. The number of ether oxygens (including phenoxy) is 2. The van der Waals surface area contributed by atoms with E-state index in [1.807, 2.05) is 6.07 Å². The minimum absolute atomic E-state index is 0.0347. The topological polar surface area (TPSA) is 72.5 Å². The molecule has 126 valence electrons. The highest BCUT2D eigenvalue weighted by atomic mass is 35.5. The Balaban J connectivity index is 2.43. The molecule has 0 saturated heterocycles. The lowest BCUT2D eigenvalue weighted by Crippen LogP contribution is -2.02. The second-order valence-corrected chi connectivity index (χ2v) is 5.32. The number of Topliss-reactive ketones (excluding diaryl/α,β-unsaturated/α-hetero) is 1. The molecule has 0 saturated carbocycles. The van der Waals surface area contributed by atoms with Crippen LogP contribution in [0.4, 0.5) is 0 Å². The van der Waals surface area contributed by atoms with Crippen LogP contribution in [0.3, 0.4) is 0 Å². The number of ketones is 1. The van der Waals surface area contributed by atoms with Gasteiger partial charge < -0.3 is 13.9 Å². The molecule has 6 heteroatoms. The van der Waals surface area contributed by atoms with Gasteiger partial charge in [-0.3, -0.25) is 4.79 Å². The highest BCUT2D eigenvalue weighted by molar-refractivity contribution is 6.32. The number of furan rings is 1. The van der Waals surface area contributed by atoms with E-state index in [9.17, 15) is 10.1 Å². The Hall–Kier alpha value is -3.15. The fraction of sp³-hybridized carbons (Fsp3) is 0.158. The monoisotopic (exact) mass is 355 g/mol. The number of carbonyl (C=O) groups excluding carboxylic acids is 1. The van der Waals surface area contributed by atoms with E-state index in [-0.39, 0.29) is 17.2 Å². The maximum absolute atomic E-state index is 12.4. The molecular formula is C19H14ClNO4. The molecule has 0 aliphatic rings. The summed E-state index contributed by atoms with van der Waals surface area (Å²) in [6.45, 7) is 1.69. The molecule has 0 spiro atoms. The molecule has 5 nitrogen and oxygen atoms in total. The summed E-state index contributed by atoms with van der Waals surface area (Å²) >= 11 is 6.19. The molecule has 2 rings (SSSR count). The summed E-state index contributed by atoms with van der Waals surface area (Å²) in [5, 5.41) is 9.59. The minimum Gasteiger partial charge on any atom is -0.493 e. The van der Waals surface area contributed by atoms with Crippen molar-refractivity contribution >= 4 is 23.5 Å². The average molecular weight is 356 g/mol. The molecule has 0 fully saturated rings. The van der Waals surface area contributed by atoms with Gasteiger partial charge in [0, 0.05) is 0 Å². The van der Waals surface area contributed by atoms with Crippen LogP contribution in [0, 0.1) is 30.6 Å². The second-order valence-electron chi connectivity index (χ2n) is 4.92. The highest BCUT2D eigenvalue weighted by Crippen LogP contribution is 2.37. The minimum atomic E-state index is -0.434. The quantitative estimate of drug-likeness (QED) is 0.338. The lowest BCUT2D eigenvalue weighted by molar-refractivity contribution is 0.103. The molecule has 1 aromatic heterocycles. The summed E-state index contributed by atoms with van der Waals surface area (Å²) in [6.07, 6.45) is 8.00. The van der Waals surface area contributed by atoms with Gasteiger partial charge >= 0.3 is 0 Å². The summed E-state index contributed by atoms with van der Waals surface area (Å²) < 4.78 is 15.7. The Labute approximate surface area is 150 Å². The van der Waals surface area contributed by atoms with E-state index in [0.717, 1.165) is 0 Å². The molecule has 1 aromatic carbocycles. The van der Waals surface area contributed by atoms with E-state index >= 15 is 0 Å². The van der Waals surface area contributed by atoms with Gasteiger partial charge in [0.2, 0.25) is 5.78 Å². The van der Waals surface area contributed by atoms with Crippen LogP contribution in [0.25, 0.3) is 6.08 Å². The fourth-order valence-corrected chi connectivity index (χ4v) is 2.43. The number of nitrogens with zero attached hydrogens (tertiary/aromatic N) is 1. The molecule has 0 aliphatic carbocycles. The molecule has 0 unspecified atom stereocenters. The van der Waals surface area contributed by atoms with Gasteiger partial charge in [-0.25, -0.2) is 0 Å². The van der Waals surface area contributed by atoms with Crippen LogP contribution in [-0.4, -0.2) is 19.5 Å². The summed E-state index contributed by atoms with van der Waals surface area (Å²) in [4.78, 5) is 12.4. The predicted octanol–water partition coefficient (Wildman–Crippen LogP) is 4.05. The number of hydrogen-bond acceptors (Lipinski definition) is 5. The van der Waals surface area contributed by atoms with Crippen molar-refractivity contribution < 1.29 is 18.7 Å². The third kappa shape index (κ3) is 4.03. The van der Waals surface area contributed by atoms with E-state index in [4.69, 9.17) is 31.9 Å². The third-order valence-corrected chi connectivity index (χ3v) is 3.61. The van der Waals surface area contributed by atoms with Crippen molar-refractivity contribution in [2.75, 3.05) is 13.7 Å². The first-order chi connectivity index (χ1) is 12.0. The number of halogens is 1. The maximum atomic E-state index is 12.4. The van der Waals surface area contributed by atoms with Gasteiger partial charge in [-0.1, -0.05) is 17.5 Å². The smallest absolute Gasteiger partial charge is 0.207 e. The van der Waals surface area contributed by atoms with Crippen LogP contribution in [0.1, 0.15) is 21.7 Å². The SMILES string of the molecule is C#CCOc1c(Cl)cc(/C=C(\C#N)C(=O)c2ccoc2C)cc1OC. The Bertz CT molecular complexity index is 912. The first kappa shape index (κ1) is 18.2. The Morgan fingerprint density at radius 3 is 2.80 bits per heavy atom. The lowest BCUT2D eigenvalue weighted by Gasteiger charge is -2.11. The number of aryl methyl sites for hydroxylation is 1. The molecule has 0 bridgehead atoms. The van der Waals surface area contributed by atoms with Crippen molar-refractivity contribution in [2.45, 2.75) is 6.92 Å². The molecule has 0 radical (unpaired) electrons. The van der Waals surface area contributed by atoms with E-state index in [0.29, 0.717) is 28.4 Å². The van der Waals surface area contributed by atoms with Crippen LogP contribution < -0.4 is 9.47 Å². The number of benzene rings is 1. The van der Waals surface area contributed by atoms with Gasteiger partial charge in [0.1, 0.15) is 24.0 Å². The number of nitriles is 1. The van der Waals surface area contributed by atoms with Gasteiger partial charge in [0.05, 0.1) is 24.0 Å². The standard InChI is InChI=1S/C19H14ClNO4/c1-4-6-25-19-16(20)9-13(10-17(19)23-3)8-14(11-21)18(22)15-5-7-24-12(15)2/h1,5,7-10H,6H2,2-3H3/b14-8+. The number of carbonyl (C=O) groups is 1. The molecule has 25 heavy (non-hydrogen) atoms. The molecule has 0 aliphatic heterocycles. The van der Waals surface area contributed by atoms with Crippen LogP contribution in [0.5, 0.6) is 11.5 Å². The second kappa shape index (κ2) is 8.10. The van der Waals surface area contributed by atoms with E-state index in [2.05, 4.69) is 5.92 Å². The molecular weight excluding hydrogens is 342 g/mol. The molecule has 2 aromatic rings. The predicted molar refractivity (Wildman–Crippen MR) is 93.7 cm³/mol. The zero-order valence-electron chi connectivity index (χ0n) is 13.6. The number of hydrogen-bond donors (Lipinski definition) is 0. The first-order valence-corrected chi connectivity index (χ1v) is 7.54. The fourth-order valence-electron chi connectivity index (χ4n) is 2.16. The van der Waals surface area contributed by atoms with Crippen molar-refractivity contribution in [3.05, 3.63) is 51.9 Å². The molecule has 0 N–H and O–H groups in total. The number of methoxy groups -OCH3 is 1. The first-order valence-electron chi connectivity index (χ1n) is 7.16. The van der Waals surface area contributed by atoms with E-state index in [1.54, 1.807) is 19.1 Å². The Kier molecular flexibility index (Phi) is 5.89. The van der Waals surface area contributed by atoms with Gasteiger partial charge in [-0.15, -0.1) is 6.42 Å². The maximum Gasteiger partial charge on any atom is 0.207 e. The number of rotatable bonds is 6. The summed E-state index contributed by atoms with van der Waals surface area (Å²) in [6, 6.07) is 6.58. The largest absolute Gasteiger partial charge is 0.493 e. The summed E-state index contributed by atoms with van der Waals surface area (Å²) in [7, 11) is 1.45. The van der Waals surface area contributed by atoms with Crippen molar-refractivity contribution in [1.82, 2.24) is 0 Å². The van der Waals surface area contributed by atoms with Crippen LogP contribution >= 0.6 is 11.6 Å². The van der Waals surface area contributed by atoms with Crippen molar-refractivity contribution in [2.24, 2.45) is 0 Å².